The predicted octanol–water partition coefficient (Wildman–Crippen LogP) is 2.85. The lowest BCUT2D eigenvalue weighted by Gasteiger charge is -2.31. The molecule has 1 aliphatic rings. The highest BCUT2D eigenvalue weighted by molar-refractivity contribution is 5.93. The van der Waals surface area contributed by atoms with Crippen LogP contribution in [0.1, 0.15) is 56.8 Å². The molecule has 6 nitrogen and oxygen atoms in total. The molecule has 0 radical (unpaired) electrons. The van der Waals surface area contributed by atoms with Crippen molar-refractivity contribution in [3.05, 3.63) is 24.2 Å². The highest BCUT2D eigenvalue weighted by atomic mass is 16.6. The Morgan fingerprint density at radius 2 is 1.91 bits per heavy atom. The van der Waals surface area contributed by atoms with Crippen molar-refractivity contribution in [1.29, 1.82) is 0 Å². The lowest BCUT2D eigenvalue weighted by atomic mass is 9.91. The minimum atomic E-state index is -0.506. The maximum absolute atomic E-state index is 12.0. The minimum absolute atomic E-state index is 0.0262. The Hall–Kier alpha value is -1.98. The van der Waals surface area contributed by atoms with Gasteiger partial charge in [-0.2, -0.15) is 0 Å². The van der Waals surface area contributed by atoms with E-state index in [-0.39, 0.29) is 18.0 Å². The third kappa shape index (κ3) is 5.09. The Morgan fingerprint density at radius 3 is 2.50 bits per heavy atom. The second-order valence-electron chi connectivity index (χ2n) is 6.69. The van der Waals surface area contributed by atoms with Crippen LogP contribution in [0.2, 0.25) is 0 Å². The fraction of sp³-hybridized carbons (Fsp3) is 0.625. The van der Waals surface area contributed by atoms with E-state index >= 15 is 0 Å². The van der Waals surface area contributed by atoms with Crippen LogP contribution in [0.4, 0.5) is 4.79 Å². The Balaban J connectivity index is 1.81. The number of alkyl carbamates (subject to hydrolysis) is 1. The quantitative estimate of drug-likeness (QED) is 0.899. The van der Waals surface area contributed by atoms with Crippen molar-refractivity contribution in [3.8, 4) is 0 Å². The van der Waals surface area contributed by atoms with E-state index in [0.717, 1.165) is 19.3 Å². The van der Waals surface area contributed by atoms with Crippen molar-refractivity contribution in [1.82, 2.24) is 10.6 Å². The maximum Gasteiger partial charge on any atom is 0.407 e. The molecule has 0 aromatic carbocycles. The van der Waals surface area contributed by atoms with Crippen LogP contribution in [0.5, 0.6) is 0 Å². The van der Waals surface area contributed by atoms with E-state index in [0.29, 0.717) is 12.0 Å². The molecule has 1 aliphatic carbocycles. The van der Waals surface area contributed by atoms with Gasteiger partial charge in [0, 0.05) is 12.1 Å². The molecule has 1 aromatic rings. The van der Waals surface area contributed by atoms with Crippen LogP contribution >= 0.6 is 0 Å². The van der Waals surface area contributed by atoms with Gasteiger partial charge in [0.05, 0.1) is 11.8 Å². The summed E-state index contributed by atoms with van der Waals surface area (Å²) in [7, 11) is 0. The summed E-state index contributed by atoms with van der Waals surface area (Å²) in [5, 5.41) is 5.86. The van der Waals surface area contributed by atoms with Gasteiger partial charge in [-0.15, -0.1) is 0 Å². The van der Waals surface area contributed by atoms with Crippen LogP contribution in [0, 0.1) is 0 Å². The van der Waals surface area contributed by atoms with E-state index in [1.807, 2.05) is 20.8 Å². The molecule has 0 aliphatic heterocycles. The van der Waals surface area contributed by atoms with Gasteiger partial charge in [-0.05, 0) is 52.5 Å². The molecule has 122 valence electrons. The molecule has 0 saturated heterocycles. The van der Waals surface area contributed by atoms with Crippen LogP contribution in [0.15, 0.2) is 23.0 Å². The zero-order valence-electron chi connectivity index (χ0n) is 13.3. The van der Waals surface area contributed by atoms with Crippen LogP contribution in [0.25, 0.3) is 0 Å². The van der Waals surface area contributed by atoms with Gasteiger partial charge in [-0.3, -0.25) is 4.79 Å². The first-order valence-corrected chi connectivity index (χ1v) is 7.66. The molecule has 2 amide bonds. The fourth-order valence-electron chi connectivity index (χ4n) is 2.59. The third-order valence-corrected chi connectivity index (χ3v) is 3.51. The van der Waals surface area contributed by atoms with Crippen molar-refractivity contribution in [2.75, 3.05) is 0 Å². The van der Waals surface area contributed by atoms with Gasteiger partial charge < -0.3 is 19.8 Å². The van der Waals surface area contributed by atoms with Crippen LogP contribution in [-0.2, 0) is 4.74 Å². The lowest BCUT2D eigenvalue weighted by molar-refractivity contribution is 0.0489. The first kappa shape index (κ1) is 16.4. The highest BCUT2D eigenvalue weighted by Crippen LogP contribution is 2.20. The van der Waals surface area contributed by atoms with Crippen molar-refractivity contribution >= 4 is 12.0 Å². The molecule has 1 aromatic heterocycles. The Morgan fingerprint density at radius 1 is 1.23 bits per heavy atom. The normalized spacial score (nSPS) is 22.0. The maximum atomic E-state index is 12.0. The molecule has 0 spiro atoms. The van der Waals surface area contributed by atoms with E-state index in [2.05, 4.69) is 10.6 Å². The van der Waals surface area contributed by atoms with Gasteiger partial charge in [-0.1, -0.05) is 0 Å². The zero-order valence-corrected chi connectivity index (χ0v) is 13.3. The summed E-state index contributed by atoms with van der Waals surface area (Å²) in [5.74, 6) is -0.142. The first-order chi connectivity index (χ1) is 10.3. The number of nitrogens with one attached hydrogen (secondary N) is 2. The fourth-order valence-corrected chi connectivity index (χ4v) is 2.59. The molecule has 1 saturated carbocycles. The van der Waals surface area contributed by atoms with E-state index in [4.69, 9.17) is 9.15 Å². The highest BCUT2D eigenvalue weighted by Gasteiger charge is 2.26. The smallest absolute Gasteiger partial charge is 0.407 e. The monoisotopic (exact) mass is 308 g/mol. The molecule has 2 atom stereocenters. The molecule has 0 unspecified atom stereocenters. The summed E-state index contributed by atoms with van der Waals surface area (Å²) in [6, 6.07) is 1.71. The van der Waals surface area contributed by atoms with E-state index in [1.165, 1.54) is 12.5 Å². The summed E-state index contributed by atoms with van der Waals surface area (Å²) in [4.78, 5) is 23.8. The van der Waals surface area contributed by atoms with Crippen LogP contribution in [-0.4, -0.2) is 29.7 Å². The van der Waals surface area contributed by atoms with Gasteiger partial charge in [0.25, 0.3) is 5.91 Å². The largest absolute Gasteiger partial charge is 0.472 e. The van der Waals surface area contributed by atoms with Crippen LogP contribution < -0.4 is 10.6 Å². The average Bonchev–Trinajstić information content (AvgIpc) is 2.90. The second kappa shape index (κ2) is 6.85. The molecule has 1 heterocycles. The standard InChI is InChI=1S/C16H24N2O4/c1-16(2,3)22-15(20)18-13-6-4-5-12(9-13)17-14(19)11-7-8-21-10-11/h7-8,10,12-13H,4-6,9H2,1-3H3,(H,17,19)(H,18,20)/t12-,13-/m0/s1. The minimum Gasteiger partial charge on any atom is -0.472 e. The molecule has 1 fully saturated rings. The van der Waals surface area contributed by atoms with Crippen molar-refractivity contribution < 1.29 is 18.7 Å². The summed E-state index contributed by atoms with van der Waals surface area (Å²) < 4.78 is 10.2. The Labute approximate surface area is 130 Å². The van der Waals surface area contributed by atoms with Crippen molar-refractivity contribution in [2.45, 2.75) is 64.1 Å². The van der Waals surface area contributed by atoms with Gasteiger partial charge in [-0.25, -0.2) is 4.79 Å². The number of hydrogen-bond donors (Lipinski definition) is 2. The zero-order chi connectivity index (χ0) is 16.2. The van der Waals surface area contributed by atoms with Gasteiger partial charge in [0.1, 0.15) is 11.9 Å². The molecule has 2 N–H and O–H groups in total. The van der Waals surface area contributed by atoms with Crippen molar-refractivity contribution in [3.63, 3.8) is 0 Å². The molecule has 2 rings (SSSR count). The van der Waals surface area contributed by atoms with E-state index < -0.39 is 11.7 Å². The topological polar surface area (TPSA) is 80.6 Å². The van der Waals surface area contributed by atoms with Crippen LogP contribution in [0.3, 0.4) is 0 Å². The SMILES string of the molecule is CC(C)(C)OC(=O)N[C@H]1CCC[C@H](NC(=O)c2ccoc2)C1. The molecule has 6 heteroatoms. The molecular formula is C16H24N2O4. The molecular weight excluding hydrogens is 284 g/mol. The second-order valence-corrected chi connectivity index (χ2v) is 6.69. The number of furan rings is 1. The average molecular weight is 308 g/mol. The van der Waals surface area contributed by atoms with Gasteiger partial charge >= 0.3 is 6.09 Å². The number of carbonyl (C=O) groups is 2. The van der Waals surface area contributed by atoms with Gasteiger partial charge in [0.2, 0.25) is 0 Å². The Bertz CT molecular complexity index is 505. The van der Waals surface area contributed by atoms with Gasteiger partial charge in [0.15, 0.2) is 0 Å². The number of carbonyl (C=O) groups excluding carboxylic acids is 2. The summed E-state index contributed by atoms with van der Waals surface area (Å²) in [5.41, 5.74) is 0.00965. The molecule has 0 bridgehead atoms. The molecule has 22 heavy (non-hydrogen) atoms. The van der Waals surface area contributed by atoms with E-state index in [9.17, 15) is 9.59 Å². The first-order valence-electron chi connectivity index (χ1n) is 7.66. The Kier molecular flexibility index (Phi) is 5.11. The van der Waals surface area contributed by atoms with E-state index in [1.54, 1.807) is 6.07 Å². The predicted molar refractivity (Wildman–Crippen MR) is 81.6 cm³/mol. The van der Waals surface area contributed by atoms with Crippen molar-refractivity contribution in [2.24, 2.45) is 0 Å². The lowest BCUT2D eigenvalue weighted by Crippen LogP contribution is -2.46. The number of rotatable bonds is 3. The number of ether oxygens (including phenoxy) is 1. The summed E-state index contributed by atoms with van der Waals surface area (Å²) in [6.45, 7) is 5.50. The number of amides is 2. The third-order valence-electron chi connectivity index (χ3n) is 3.51. The summed E-state index contributed by atoms with van der Waals surface area (Å²) >= 11 is 0. The number of hydrogen-bond acceptors (Lipinski definition) is 4. The summed E-state index contributed by atoms with van der Waals surface area (Å²) in [6.07, 6.45) is 5.98.